The molecule has 2 heterocycles. The Morgan fingerprint density at radius 2 is 2.50 bits per heavy atom. The lowest BCUT2D eigenvalue weighted by Crippen LogP contribution is -2.36. The van der Waals surface area contributed by atoms with Crippen LogP contribution in [0, 0.1) is 0 Å². The minimum atomic E-state index is 0.141. The maximum atomic E-state index is 5.96. The Morgan fingerprint density at radius 1 is 1.64 bits per heavy atom. The average molecular weight is 232 g/mol. The molecule has 14 heavy (non-hydrogen) atoms. The molecule has 1 aliphatic rings. The molecule has 78 valence electrons. The summed E-state index contributed by atoms with van der Waals surface area (Å²) in [5.41, 5.74) is 0.141. The quantitative estimate of drug-likeness (QED) is 0.480. The zero-order chi connectivity index (χ0) is 9.97. The van der Waals surface area contributed by atoms with Crippen molar-refractivity contribution in [3.8, 4) is 0 Å². The van der Waals surface area contributed by atoms with E-state index >= 15 is 0 Å². The van der Waals surface area contributed by atoms with Gasteiger partial charge in [0.05, 0.1) is 11.5 Å². The number of aromatic nitrogens is 2. The highest BCUT2D eigenvalue weighted by Crippen LogP contribution is 2.22. The molecule has 1 aliphatic heterocycles. The molecule has 5 heteroatoms. The fourth-order valence-corrected chi connectivity index (χ4v) is 2.25. The van der Waals surface area contributed by atoms with Crippen molar-refractivity contribution in [3.05, 3.63) is 12.3 Å². The van der Waals surface area contributed by atoms with Crippen molar-refractivity contribution in [3.63, 3.8) is 0 Å². The number of nitrogens with one attached hydrogen (secondary N) is 1. The summed E-state index contributed by atoms with van der Waals surface area (Å²) in [7, 11) is 0. The van der Waals surface area contributed by atoms with E-state index < -0.39 is 0 Å². The molecule has 1 saturated heterocycles. The topological polar surface area (TPSA) is 29.9 Å². The Bertz CT molecular complexity index is 294. The van der Waals surface area contributed by atoms with Crippen LogP contribution in [0.25, 0.3) is 0 Å². The van der Waals surface area contributed by atoms with Gasteiger partial charge in [-0.05, 0) is 25.2 Å². The zero-order valence-corrected chi connectivity index (χ0v) is 9.68. The van der Waals surface area contributed by atoms with Gasteiger partial charge in [0.1, 0.15) is 5.03 Å². The van der Waals surface area contributed by atoms with Gasteiger partial charge in [0.25, 0.3) is 0 Å². The van der Waals surface area contributed by atoms with Gasteiger partial charge < -0.3 is 0 Å². The van der Waals surface area contributed by atoms with Gasteiger partial charge >= 0.3 is 0 Å². The SMILES string of the molecule is CSc1ccn([C@@H]2CCC(Cl)NC2)n1. The van der Waals surface area contributed by atoms with Crippen molar-refractivity contribution in [2.45, 2.75) is 29.4 Å². The van der Waals surface area contributed by atoms with Gasteiger partial charge in [0.2, 0.25) is 0 Å². The van der Waals surface area contributed by atoms with Crippen LogP contribution in [0.2, 0.25) is 0 Å². The van der Waals surface area contributed by atoms with Crippen molar-refractivity contribution < 1.29 is 0 Å². The first-order chi connectivity index (χ1) is 6.79. The van der Waals surface area contributed by atoms with Gasteiger partial charge in [-0.15, -0.1) is 23.4 Å². The molecule has 0 amide bonds. The van der Waals surface area contributed by atoms with Crippen LogP contribution >= 0.6 is 23.4 Å². The highest BCUT2D eigenvalue weighted by Gasteiger charge is 2.20. The minimum Gasteiger partial charge on any atom is -0.299 e. The highest BCUT2D eigenvalue weighted by atomic mass is 35.5. The van der Waals surface area contributed by atoms with Gasteiger partial charge in [-0.2, -0.15) is 5.10 Å². The van der Waals surface area contributed by atoms with E-state index in [1.54, 1.807) is 11.8 Å². The maximum Gasteiger partial charge on any atom is 0.118 e. The number of halogens is 1. The van der Waals surface area contributed by atoms with E-state index in [9.17, 15) is 0 Å². The van der Waals surface area contributed by atoms with Crippen LogP contribution in [0.3, 0.4) is 0 Å². The average Bonchev–Trinajstić information content (AvgIpc) is 2.67. The van der Waals surface area contributed by atoms with E-state index in [2.05, 4.69) is 16.5 Å². The normalized spacial score (nSPS) is 27.9. The minimum absolute atomic E-state index is 0.141. The third-order valence-electron chi connectivity index (χ3n) is 2.50. The second kappa shape index (κ2) is 4.55. The molecule has 0 aliphatic carbocycles. The van der Waals surface area contributed by atoms with Crippen molar-refractivity contribution >= 4 is 23.4 Å². The molecule has 1 unspecified atom stereocenters. The molecule has 0 bridgehead atoms. The van der Waals surface area contributed by atoms with Gasteiger partial charge in [0, 0.05) is 12.7 Å². The van der Waals surface area contributed by atoms with E-state index in [1.165, 1.54) is 0 Å². The standard InChI is InChI=1S/C9H14ClN3S/c1-14-9-4-5-13(12-9)7-2-3-8(10)11-6-7/h4-5,7-8,11H,2-3,6H2,1H3/t7-,8?/m1/s1. The molecule has 1 aromatic rings. The monoisotopic (exact) mass is 231 g/mol. The molecule has 3 nitrogen and oxygen atoms in total. The van der Waals surface area contributed by atoms with Crippen molar-refractivity contribution in [1.82, 2.24) is 15.1 Å². The van der Waals surface area contributed by atoms with Crippen LogP contribution in [-0.4, -0.2) is 28.1 Å². The van der Waals surface area contributed by atoms with Gasteiger partial charge in [-0.1, -0.05) is 0 Å². The summed E-state index contributed by atoms with van der Waals surface area (Å²) in [5, 5.41) is 8.81. The Balaban J connectivity index is 2.01. The van der Waals surface area contributed by atoms with E-state index in [0.29, 0.717) is 6.04 Å². The van der Waals surface area contributed by atoms with Gasteiger partial charge in [-0.25, -0.2) is 0 Å². The smallest absolute Gasteiger partial charge is 0.118 e. The first kappa shape index (κ1) is 10.3. The second-order valence-electron chi connectivity index (χ2n) is 3.45. The van der Waals surface area contributed by atoms with Crippen LogP contribution in [0.1, 0.15) is 18.9 Å². The first-order valence-corrected chi connectivity index (χ1v) is 6.42. The van der Waals surface area contributed by atoms with Crippen LogP contribution in [0.4, 0.5) is 0 Å². The fraction of sp³-hybridized carbons (Fsp3) is 0.667. The summed E-state index contributed by atoms with van der Waals surface area (Å²) >= 11 is 7.63. The molecular weight excluding hydrogens is 218 g/mol. The van der Waals surface area contributed by atoms with Crippen LogP contribution in [0.15, 0.2) is 17.3 Å². The predicted octanol–water partition coefficient (Wildman–Crippen LogP) is 2.09. The van der Waals surface area contributed by atoms with Crippen LogP contribution < -0.4 is 5.32 Å². The van der Waals surface area contributed by atoms with Crippen molar-refractivity contribution in [2.75, 3.05) is 12.8 Å². The summed E-state index contributed by atoms with van der Waals surface area (Å²) in [6.45, 7) is 0.920. The molecule has 0 aromatic carbocycles. The Kier molecular flexibility index (Phi) is 3.36. The van der Waals surface area contributed by atoms with Crippen molar-refractivity contribution in [2.24, 2.45) is 0 Å². The summed E-state index contributed by atoms with van der Waals surface area (Å²) in [5.74, 6) is 0. The molecule has 2 rings (SSSR count). The van der Waals surface area contributed by atoms with E-state index in [1.807, 2.05) is 17.1 Å². The van der Waals surface area contributed by atoms with E-state index in [-0.39, 0.29) is 5.50 Å². The first-order valence-electron chi connectivity index (χ1n) is 4.76. The lowest BCUT2D eigenvalue weighted by atomic mass is 10.1. The summed E-state index contributed by atoms with van der Waals surface area (Å²) in [4.78, 5) is 0. The van der Waals surface area contributed by atoms with Crippen LogP contribution in [-0.2, 0) is 0 Å². The van der Waals surface area contributed by atoms with E-state index in [4.69, 9.17) is 11.6 Å². The maximum absolute atomic E-state index is 5.96. The summed E-state index contributed by atoms with van der Waals surface area (Å²) < 4.78 is 2.04. The Morgan fingerprint density at radius 3 is 3.07 bits per heavy atom. The number of thioether (sulfide) groups is 1. The number of alkyl halides is 1. The summed E-state index contributed by atoms with van der Waals surface area (Å²) in [6.07, 6.45) is 6.21. The van der Waals surface area contributed by atoms with Gasteiger partial charge in [-0.3, -0.25) is 10.00 Å². The number of hydrogen-bond donors (Lipinski definition) is 1. The third kappa shape index (κ3) is 2.24. The summed E-state index contributed by atoms with van der Waals surface area (Å²) in [6, 6.07) is 2.52. The molecule has 0 radical (unpaired) electrons. The molecule has 2 atom stereocenters. The lowest BCUT2D eigenvalue weighted by molar-refractivity contribution is 0.328. The van der Waals surface area contributed by atoms with Crippen LogP contribution in [0.5, 0.6) is 0 Å². The molecule has 0 spiro atoms. The highest BCUT2D eigenvalue weighted by molar-refractivity contribution is 7.98. The molecular formula is C9H14ClN3S. The fourth-order valence-electron chi connectivity index (χ4n) is 1.67. The second-order valence-corrected chi connectivity index (χ2v) is 4.80. The number of rotatable bonds is 2. The number of hydrogen-bond acceptors (Lipinski definition) is 3. The molecule has 1 N–H and O–H groups in total. The Labute approximate surface area is 93.2 Å². The number of nitrogens with zero attached hydrogens (tertiary/aromatic N) is 2. The van der Waals surface area contributed by atoms with Crippen molar-refractivity contribution in [1.29, 1.82) is 0 Å². The molecule has 0 saturated carbocycles. The lowest BCUT2D eigenvalue weighted by Gasteiger charge is -2.26. The third-order valence-corrected chi connectivity index (χ3v) is 3.50. The zero-order valence-electron chi connectivity index (χ0n) is 8.11. The molecule has 1 fully saturated rings. The number of piperidine rings is 1. The van der Waals surface area contributed by atoms with E-state index in [0.717, 1.165) is 24.4 Å². The predicted molar refractivity (Wildman–Crippen MR) is 59.9 cm³/mol. The molecule has 1 aromatic heterocycles. The van der Waals surface area contributed by atoms with Gasteiger partial charge in [0.15, 0.2) is 0 Å². The largest absolute Gasteiger partial charge is 0.299 e. The Hall–Kier alpha value is -0.190.